The average molecular weight is 309 g/mol. The van der Waals surface area contributed by atoms with Crippen molar-refractivity contribution in [3.63, 3.8) is 0 Å². The van der Waals surface area contributed by atoms with Gasteiger partial charge in [-0.25, -0.2) is 0 Å². The van der Waals surface area contributed by atoms with E-state index in [0.29, 0.717) is 12.8 Å². The lowest BCUT2D eigenvalue weighted by atomic mass is 10.1. The monoisotopic (exact) mass is 309 g/mol. The summed E-state index contributed by atoms with van der Waals surface area (Å²) in [5.41, 5.74) is 0.333. The highest BCUT2D eigenvalue weighted by atomic mass is 32.2. The Balaban J connectivity index is 2.29. The van der Waals surface area contributed by atoms with Gasteiger partial charge in [0.2, 0.25) is 0 Å². The molecule has 1 aromatic rings. The lowest BCUT2D eigenvalue weighted by Crippen LogP contribution is -2.50. The van der Waals surface area contributed by atoms with Crippen LogP contribution in [0.4, 0.5) is 5.69 Å². The Morgan fingerprint density at radius 2 is 2.10 bits per heavy atom. The number of para-hydroxylation sites is 1. The number of carbonyl (C=O) groups is 1. The zero-order valence-electron chi connectivity index (χ0n) is 11.2. The lowest BCUT2D eigenvalue weighted by molar-refractivity contribution is -0.142. The van der Waals surface area contributed by atoms with Gasteiger partial charge in [0.25, 0.3) is 0 Å². The van der Waals surface area contributed by atoms with Crippen molar-refractivity contribution in [1.82, 2.24) is 4.31 Å². The van der Waals surface area contributed by atoms with Gasteiger partial charge in [-0.3, -0.25) is 9.52 Å². The summed E-state index contributed by atoms with van der Waals surface area (Å²) in [5.74, 6) is -1.16. The quantitative estimate of drug-likeness (QED) is 0.867. The van der Waals surface area contributed by atoms with Gasteiger partial charge in [-0.05, 0) is 31.4 Å². The number of hydrogen-bond donors (Lipinski definition) is 2. The number of nitrogens with one attached hydrogen (secondary N) is 1. The number of hydrogen-bond acceptors (Lipinski definition) is 4. The van der Waals surface area contributed by atoms with Gasteiger partial charge >= 0.3 is 16.2 Å². The molecule has 1 atom stereocenters. The molecule has 112 valence electrons. The maximum Gasteiger partial charge on any atom is 0.322 e. The van der Waals surface area contributed by atoms with Crippen molar-refractivity contribution in [1.29, 1.82) is 5.26 Å². The summed E-state index contributed by atoms with van der Waals surface area (Å²) in [6, 6.07) is 7.01. The zero-order valence-corrected chi connectivity index (χ0v) is 12.0. The third-order valence-corrected chi connectivity index (χ3v) is 4.87. The maximum atomic E-state index is 12.4. The summed E-state index contributed by atoms with van der Waals surface area (Å²) in [6.45, 7) is 0.154. The Hall–Kier alpha value is -2.11. The van der Waals surface area contributed by atoms with Crippen molar-refractivity contribution in [3.05, 3.63) is 29.8 Å². The Kier molecular flexibility index (Phi) is 4.45. The number of nitrogens with zero attached hydrogens (tertiary/aromatic N) is 2. The molecule has 1 aromatic carbocycles. The molecule has 1 aliphatic heterocycles. The molecule has 0 saturated carbocycles. The number of piperidine rings is 1. The van der Waals surface area contributed by atoms with Gasteiger partial charge < -0.3 is 5.11 Å². The highest BCUT2D eigenvalue weighted by Gasteiger charge is 2.36. The van der Waals surface area contributed by atoms with Crippen molar-refractivity contribution < 1.29 is 18.3 Å². The van der Waals surface area contributed by atoms with Gasteiger partial charge in [0.1, 0.15) is 12.1 Å². The second-order valence-corrected chi connectivity index (χ2v) is 6.35. The van der Waals surface area contributed by atoms with E-state index in [2.05, 4.69) is 4.72 Å². The molecule has 0 radical (unpaired) electrons. The number of carboxylic acids is 1. The molecule has 7 nitrogen and oxygen atoms in total. The number of benzene rings is 1. The van der Waals surface area contributed by atoms with Gasteiger partial charge in [-0.15, -0.1) is 0 Å². The number of rotatable bonds is 4. The van der Waals surface area contributed by atoms with E-state index in [1.54, 1.807) is 12.1 Å². The van der Waals surface area contributed by atoms with Gasteiger partial charge in [0, 0.05) is 6.54 Å². The van der Waals surface area contributed by atoms with E-state index < -0.39 is 22.2 Å². The van der Waals surface area contributed by atoms with Crippen LogP contribution in [-0.4, -0.2) is 36.4 Å². The summed E-state index contributed by atoms with van der Waals surface area (Å²) < 4.78 is 28.0. The largest absolute Gasteiger partial charge is 0.480 e. The fourth-order valence-electron chi connectivity index (χ4n) is 2.31. The summed E-state index contributed by atoms with van der Waals surface area (Å²) in [7, 11) is -4.01. The second-order valence-electron chi connectivity index (χ2n) is 4.73. The minimum Gasteiger partial charge on any atom is -0.480 e. The minimum absolute atomic E-state index is 0.148. The Morgan fingerprint density at radius 3 is 2.76 bits per heavy atom. The van der Waals surface area contributed by atoms with Gasteiger partial charge in [0.15, 0.2) is 0 Å². The number of aliphatic carboxylic acids is 1. The van der Waals surface area contributed by atoms with E-state index >= 15 is 0 Å². The summed E-state index contributed by atoms with van der Waals surface area (Å²) in [4.78, 5) is 11.2. The minimum atomic E-state index is -4.01. The first-order valence-corrected chi connectivity index (χ1v) is 7.91. The molecule has 0 aliphatic carbocycles. The third kappa shape index (κ3) is 3.32. The van der Waals surface area contributed by atoms with Gasteiger partial charge in [-0.1, -0.05) is 12.1 Å². The van der Waals surface area contributed by atoms with E-state index in [1.165, 1.54) is 12.1 Å². The molecular formula is C13H15N3O4S. The fourth-order valence-corrected chi connectivity index (χ4v) is 3.78. The molecule has 0 spiro atoms. The smallest absolute Gasteiger partial charge is 0.322 e. The third-order valence-electron chi connectivity index (χ3n) is 3.33. The first kappa shape index (κ1) is 15.3. The van der Waals surface area contributed by atoms with Gasteiger partial charge in [0.05, 0.1) is 11.3 Å². The summed E-state index contributed by atoms with van der Waals surface area (Å²) in [5, 5.41) is 18.1. The van der Waals surface area contributed by atoms with Crippen LogP contribution in [0.15, 0.2) is 24.3 Å². The molecule has 1 unspecified atom stereocenters. The Labute approximate surface area is 123 Å². The molecule has 0 amide bonds. The first-order chi connectivity index (χ1) is 9.95. The highest BCUT2D eigenvalue weighted by Crippen LogP contribution is 2.23. The molecule has 2 rings (SSSR count). The molecule has 0 bridgehead atoms. The van der Waals surface area contributed by atoms with Crippen molar-refractivity contribution in [2.75, 3.05) is 11.3 Å². The van der Waals surface area contributed by atoms with Crippen LogP contribution in [0.3, 0.4) is 0 Å². The van der Waals surface area contributed by atoms with E-state index in [0.717, 1.165) is 4.31 Å². The molecule has 0 aromatic heterocycles. The van der Waals surface area contributed by atoms with E-state index in [1.807, 2.05) is 6.07 Å². The normalized spacial score (nSPS) is 19.7. The molecule has 21 heavy (non-hydrogen) atoms. The number of carboxylic acid groups (broad SMARTS) is 1. The second kappa shape index (κ2) is 6.11. The Bertz CT molecular complexity index is 681. The van der Waals surface area contributed by atoms with Crippen LogP contribution in [0.1, 0.15) is 24.8 Å². The number of nitriles is 1. The van der Waals surface area contributed by atoms with Crippen molar-refractivity contribution in [2.45, 2.75) is 25.3 Å². The predicted molar refractivity (Wildman–Crippen MR) is 75.7 cm³/mol. The molecule has 2 N–H and O–H groups in total. The molecule has 8 heteroatoms. The number of anilines is 1. The van der Waals surface area contributed by atoms with Crippen molar-refractivity contribution in [2.24, 2.45) is 0 Å². The van der Waals surface area contributed by atoms with E-state index in [-0.39, 0.29) is 24.2 Å². The topological polar surface area (TPSA) is 111 Å². The van der Waals surface area contributed by atoms with Gasteiger partial charge in [-0.2, -0.15) is 18.0 Å². The zero-order chi connectivity index (χ0) is 15.5. The molecular weight excluding hydrogens is 294 g/mol. The average Bonchev–Trinajstić information content (AvgIpc) is 2.47. The molecule has 1 heterocycles. The van der Waals surface area contributed by atoms with Crippen molar-refractivity contribution >= 4 is 21.9 Å². The summed E-state index contributed by atoms with van der Waals surface area (Å²) in [6.07, 6.45) is 1.58. The van der Waals surface area contributed by atoms with Crippen LogP contribution in [-0.2, 0) is 15.0 Å². The van der Waals surface area contributed by atoms with Crippen LogP contribution in [0, 0.1) is 11.3 Å². The van der Waals surface area contributed by atoms with Crippen LogP contribution in [0.5, 0.6) is 0 Å². The standard InChI is InChI=1S/C13H15N3O4S/c14-9-10-5-1-2-6-11(10)15-21(19,20)16-8-4-3-7-12(16)13(17)18/h1-2,5-6,12,15H,3-4,7-8H2,(H,17,18). The SMILES string of the molecule is N#Cc1ccccc1NS(=O)(=O)N1CCCCC1C(=O)O. The van der Waals surface area contributed by atoms with Crippen molar-refractivity contribution in [3.8, 4) is 6.07 Å². The lowest BCUT2D eigenvalue weighted by Gasteiger charge is -2.31. The van der Waals surface area contributed by atoms with Crippen LogP contribution in [0.25, 0.3) is 0 Å². The summed E-state index contributed by atoms with van der Waals surface area (Å²) >= 11 is 0. The highest BCUT2D eigenvalue weighted by molar-refractivity contribution is 7.90. The molecule has 1 saturated heterocycles. The fraction of sp³-hybridized carbons (Fsp3) is 0.385. The molecule has 1 fully saturated rings. The van der Waals surface area contributed by atoms with E-state index in [9.17, 15) is 13.2 Å². The molecule has 1 aliphatic rings. The van der Waals surface area contributed by atoms with E-state index in [4.69, 9.17) is 10.4 Å². The first-order valence-electron chi connectivity index (χ1n) is 6.47. The Morgan fingerprint density at radius 1 is 1.38 bits per heavy atom. The maximum absolute atomic E-state index is 12.4. The predicted octanol–water partition coefficient (Wildman–Crippen LogP) is 1.15. The van der Waals surface area contributed by atoms with Crippen LogP contribution < -0.4 is 4.72 Å². The van der Waals surface area contributed by atoms with Crippen LogP contribution in [0.2, 0.25) is 0 Å². The van der Waals surface area contributed by atoms with Crippen LogP contribution >= 0.6 is 0 Å².